The molecule has 3 nitrogen and oxygen atoms in total. The van der Waals surface area contributed by atoms with Crippen LogP contribution in [0.2, 0.25) is 0 Å². The Kier molecular flexibility index (Phi) is 2.66. The molecule has 1 saturated carbocycles. The van der Waals surface area contributed by atoms with E-state index in [0.29, 0.717) is 19.3 Å². The van der Waals surface area contributed by atoms with E-state index in [9.17, 15) is 9.18 Å². The zero-order valence-corrected chi connectivity index (χ0v) is 8.38. The first-order valence-corrected chi connectivity index (χ1v) is 5.28. The Morgan fingerprint density at radius 1 is 1.43 bits per heavy atom. The van der Waals surface area contributed by atoms with Gasteiger partial charge in [-0.3, -0.25) is 4.79 Å². The third-order valence-electron chi connectivity index (χ3n) is 3.19. The van der Waals surface area contributed by atoms with Crippen LogP contribution >= 0.6 is 11.6 Å². The highest BCUT2D eigenvalue weighted by Crippen LogP contribution is 2.37. The molecular weight excluding hydrogens is 209 g/mol. The molecule has 5 unspecified atom stereocenters. The Balaban J connectivity index is 2.05. The number of nitrogens with one attached hydrogen (secondary N) is 1. The molecule has 2 aliphatic rings. The molecule has 0 aromatic carbocycles. The number of fused-ring (bicyclic) bond motifs is 1. The molecule has 0 aromatic rings. The van der Waals surface area contributed by atoms with Crippen LogP contribution in [0.3, 0.4) is 0 Å². The zero-order chi connectivity index (χ0) is 10.3. The Morgan fingerprint density at radius 3 is 2.79 bits per heavy atom. The van der Waals surface area contributed by atoms with Gasteiger partial charge in [0.25, 0.3) is 0 Å². The van der Waals surface area contributed by atoms with Crippen molar-refractivity contribution in [2.45, 2.75) is 42.9 Å². The fourth-order valence-corrected chi connectivity index (χ4v) is 2.96. The zero-order valence-electron chi connectivity index (χ0n) is 7.62. The van der Waals surface area contributed by atoms with Gasteiger partial charge in [0.1, 0.15) is 12.2 Å². The first-order valence-electron chi connectivity index (χ1n) is 4.85. The van der Waals surface area contributed by atoms with Crippen molar-refractivity contribution in [2.24, 2.45) is 5.92 Å². The summed E-state index contributed by atoms with van der Waals surface area (Å²) in [7, 11) is 0. The first kappa shape index (κ1) is 10.2. The SMILES string of the molecule is O=C(O)C1CC2C(Cl)CC(F)CC2N1. The van der Waals surface area contributed by atoms with Gasteiger partial charge in [0.05, 0.1) is 0 Å². The minimum Gasteiger partial charge on any atom is -0.480 e. The van der Waals surface area contributed by atoms with E-state index in [-0.39, 0.29) is 17.3 Å². The number of carboxylic acids is 1. The molecule has 1 saturated heterocycles. The maximum Gasteiger partial charge on any atom is 0.320 e. The smallest absolute Gasteiger partial charge is 0.320 e. The lowest BCUT2D eigenvalue weighted by Crippen LogP contribution is -2.42. The Labute approximate surface area is 86.6 Å². The summed E-state index contributed by atoms with van der Waals surface area (Å²) in [5, 5.41) is 11.5. The Morgan fingerprint density at radius 2 is 2.14 bits per heavy atom. The van der Waals surface area contributed by atoms with Gasteiger partial charge in [0.15, 0.2) is 0 Å². The average Bonchev–Trinajstić information content (AvgIpc) is 2.47. The second-order valence-electron chi connectivity index (χ2n) is 4.15. The fourth-order valence-electron chi connectivity index (χ4n) is 2.49. The number of alkyl halides is 2. The number of aliphatic carboxylic acids is 1. The highest BCUT2D eigenvalue weighted by Gasteiger charge is 2.45. The number of carbonyl (C=O) groups is 1. The summed E-state index contributed by atoms with van der Waals surface area (Å²) in [4.78, 5) is 10.7. The van der Waals surface area contributed by atoms with Gasteiger partial charge in [0, 0.05) is 11.4 Å². The summed E-state index contributed by atoms with van der Waals surface area (Å²) < 4.78 is 13.1. The molecule has 2 fully saturated rings. The van der Waals surface area contributed by atoms with Crippen LogP contribution in [-0.2, 0) is 4.79 Å². The van der Waals surface area contributed by atoms with E-state index in [0.717, 1.165) is 0 Å². The fraction of sp³-hybridized carbons (Fsp3) is 0.889. The van der Waals surface area contributed by atoms with Crippen LogP contribution in [0.1, 0.15) is 19.3 Å². The maximum absolute atomic E-state index is 13.1. The molecule has 1 aliphatic heterocycles. The monoisotopic (exact) mass is 221 g/mol. The Hall–Kier alpha value is -0.350. The minimum atomic E-state index is -0.890. The van der Waals surface area contributed by atoms with Gasteiger partial charge in [-0.15, -0.1) is 11.6 Å². The third kappa shape index (κ3) is 1.73. The highest BCUT2D eigenvalue weighted by molar-refractivity contribution is 6.21. The van der Waals surface area contributed by atoms with Crippen LogP contribution in [-0.4, -0.2) is 34.7 Å². The largest absolute Gasteiger partial charge is 0.480 e. The van der Waals surface area contributed by atoms with Gasteiger partial charge in [-0.2, -0.15) is 0 Å². The molecule has 0 amide bonds. The van der Waals surface area contributed by atoms with Crippen molar-refractivity contribution in [3.05, 3.63) is 0 Å². The predicted molar refractivity (Wildman–Crippen MR) is 50.2 cm³/mol. The molecule has 14 heavy (non-hydrogen) atoms. The van der Waals surface area contributed by atoms with Crippen molar-refractivity contribution in [1.82, 2.24) is 5.32 Å². The van der Waals surface area contributed by atoms with Crippen molar-refractivity contribution < 1.29 is 14.3 Å². The predicted octanol–water partition coefficient (Wildman–Crippen LogP) is 1.16. The van der Waals surface area contributed by atoms with Gasteiger partial charge in [-0.1, -0.05) is 0 Å². The molecule has 5 atom stereocenters. The molecule has 0 radical (unpaired) electrons. The first-order chi connectivity index (χ1) is 6.58. The molecule has 2 N–H and O–H groups in total. The summed E-state index contributed by atoms with van der Waals surface area (Å²) >= 11 is 6.01. The number of hydrogen-bond acceptors (Lipinski definition) is 2. The normalized spacial score (nSPS) is 47.4. The molecule has 1 aliphatic carbocycles. The number of hydrogen-bond donors (Lipinski definition) is 2. The second kappa shape index (κ2) is 3.66. The molecular formula is C9H13ClFNO2. The van der Waals surface area contributed by atoms with E-state index >= 15 is 0 Å². The van der Waals surface area contributed by atoms with Crippen molar-refractivity contribution in [3.63, 3.8) is 0 Å². The van der Waals surface area contributed by atoms with Crippen LogP contribution in [0.15, 0.2) is 0 Å². The summed E-state index contributed by atoms with van der Waals surface area (Å²) in [6, 6.07) is -0.598. The lowest BCUT2D eigenvalue weighted by molar-refractivity contribution is -0.139. The molecule has 0 spiro atoms. The van der Waals surface area contributed by atoms with Gasteiger partial charge in [-0.05, 0) is 25.2 Å². The molecule has 1 heterocycles. The standard InChI is InChI=1S/C9H13ClFNO2/c10-6-1-4(11)2-7-5(6)3-8(12-7)9(13)14/h4-8,12H,1-3H2,(H,13,14). The van der Waals surface area contributed by atoms with Crippen molar-refractivity contribution in [2.75, 3.05) is 0 Å². The molecule has 0 bridgehead atoms. The van der Waals surface area contributed by atoms with Crippen LogP contribution in [0.25, 0.3) is 0 Å². The Bertz CT molecular complexity index is 251. The lowest BCUT2D eigenvalue weighted by atomic mass is 9.83. The third-order valence-corrected chi connectivity index (χ3v) is 3.70. The van der Waals surface area contributed by atoms with Crippen molar-refractivity contribution in [3.8, 4) is 0 Å². The second-order valence-corrected chi connectivity index (χ2v) is 4.71. The quantitative estimate of drug-likeness (QED) is 0.654. The van der Waals surface area contributed by atoms with Crippen LogP contribution in [0.4, 0.5) is 4.39 Å². The molecule has 80 valence electrons. The average molecular weight is 222 g/mol. The van der Waals surface area contributed by atoms with E-state index in [2.05, 4.69) is 5.32 Å². The maximum atomic E-state index is 13.1. The van der Waals surface area contributed by atoms with Gasteiger partial charge >= 0.3 is 5.97 Å². The van der Waals surface area contributed by atoms with Crippen LogP contribution < -0.4 is 5.32 Å². The highest BCUT2D eigenvalue weighted by atomic mass is 35.5. The van der Waals surface area contributed by atoms with E-state index < -0.39 is 18.2 Å². The van der Waals surface area contributed by atoms with Crippen molar-refractivity contribution >= 4 is 17.6 Å². The van der Waals surface area contributed by atoms with Gasteiger partial charge in [0.2, 0.25) is 0 Å². The molecule has 0 aromatic heterocycles. The minimum absolute atomic E-state index is 0.0534. The number of carboxylic acid groups (broad SMARTS) is 1. The van der Waals surface area contributed by atoms with E-state index in [1.165, 1.54) is 0 Å². The summed E-state index contributed by atoms with van der Waals surface area (Å²) in [6.07, 6.45) is 0.397. The summed E-state index contributed by atoms with van der Waals surface area (Å²) in [5.41, 5.74) is 0. The topological polar surface area (TPSA) is 49.3 Å². The van der Waals surface area contributed by atoms with Gasteiger partial charge in [-0.25, -0.2) is 4.39 Å². The van der Waals surface area contributed by atoms with E-state index in [4.69, 9.17) is 16.7 Å². The van der Waals surface area contributed by atoms with Crippen molar-refractivity contribution in [1.29, 1.82) is 0 Å². The summed E-state index contributed by atoms with van der Waals surface area (Å²) in [5.74, 6) is -0.747. The number of halogens is 2. The molecule has 2 rings (SSSR count). The summed E-state index contributed by atoms with van der Waals surface area (Å²) in [6.45, 7) is 0. The van der Waals surface area contributed by atoms with E-state index in [1.807, 2.05) is 0 Å². The van der Waals surface area contributed by atoms with Gasteiger partial charge < -0.3 is 10.4 Å². The lowest BCUT2D eigenvalue weighted by Gasteiger charge is -2.31. The number of rotatable bonds is 1. The van der Waals surface area contributed by atoms with Crippen LogP contribution in [0.5, 0.6) is 0 Å². The van der Waals surface area contributed by atoms with E-state index in [1.54, 1.807) is 0 Å². The van der Waals surface area contributed by atoms with Crippen LogP contribution in [0, 0.1) is 5.92 Å². The molecule has 5 heteroatoms.